The van der Waals surface area contributed by atoms with Crippen LogP contribution in [0.4, 0.5) is 0 Å². The van der Waals surface area contributed by atoms with Crippen molar-refractivity contribution in [3.05, 3.63) is 17.9 Å². The highest BCUT2D eigenvalue weighted by atomic mass is 32.2. The van der Waals surface area contributed by atoms with E-state index in [1.54, 1.807) is 20.8 Å². The van der Waals surface area contributed by atoms with Crippen molar-refractivity contribution in [2.75, 3.05) is 13.1 Å². The number of hydrogen-bond acceptors (Lipinski definition) is 5. The zero-order valence-corrected chi connectivity index (χ0v) is 17.0. The summed E-state index contributed by atoms with van der Waals surface area (Å²) in [5.74, 6) is -0.445. The Morgan fingerprint density at radius 2 is 1.72 bits per heavy atom. The van der Waals surface area contributed by atoms with Crippen molar-refractivity contribution in [1.29, 1.82) is 0 Å². The summed E-state index contributed by atoms with van der Waals surface area (Å²) in [6.07, 6.45) is 0. The molecule has 8 heteroatoms. The molecule has 1 aromatic heterocycles. The molecule has 0 saturated carbocycles. The molecule has 0 aliphatic rings. The topological polar surface area (TPSA) is 91.7 Å². The van der Waals surface area contributed by atoms with Gasteiger partial charge in [-0.3, -0.25) is 9.69 Å². The largest absolute Gasteiger partial charge is 0.438 e. The highest BCUT2D eigenvalue weighted by Gasteiger charge is 2.26. The maximum absolute atomic E-state index is 12.2. The third-order valence-electron chi connectivity index (χ3n) is 3.49. The summed E-state index contributed by atoms with van der Waals surface area (Å²) in [6.45, 7) is 14.8. The predicted molar refractivity (Wildman–Crippen MR) is 98.1 cm³/mol. The molecule has 0 spiro atoms. The van der Waals surface area contributed by atoms with Crippen molar-refractivity contribution in [2.24, 2.45) is 0 Å². The molecule has 0 atom stereocenters. The van der Waals surface area contributed by atoms with Crippen molar-refractivity contribution in [3.63, 3.8) is 0 Å². The van der Waals surface area contributed by atoms with Crippen LogP contribution in [0, 0.1) is 0 Å². The molecule has 7 nitrogen and oxygen atoms in total. The second-order valence-corrected chi connectivity index (χ2v) is 9.27. The molecular formula is C17H31N3O4S. The molecule has 0 radical (unpaired) electrons. The van der Waals surface area contributed by atoms with Crippen LogP contribution >= 0.6 is 0 Å². The first-order chi connectivity index (χ1) is 11.3. The van der Waals surface area contributed by atoms with Gasteiger partial charge in [-0.1, -0.05) is 0 Å². The number of furan rings is 1. The molecule has 0 bridgehead atoms. The van der Waals surface area contributed by atoms with Gasteiger partial charge in [0.2, 0.25) is 5.09 Å². The van der Waals surface area contributed by atoms with E-state index < -0.39 is 21.5 Å². The van der Waals surface area contributed by atoms with Crippen LogP contribution in [0.2, 0.25) is 0 Å². The van der Waals surface area contributed by atoms with Gasteiger partial charge in [-0.2, -0.15) is 0 Å². The molecule has 1 heterocycles. The van der Waals surface area contributed by atoms with Gasteiger partial charge in [-0.15, -0.1) is 0 Å². The summed E-state index contributed by atoms with van der Waals surface area (Å²) in [4.78, 5) is 14.4. The Bertz CT molecular complexity index is 664. The van der Waals surface area contributed by atoms with Crippen LogP contribution in [0.15, 0.2) is 21.6 Å². The Balaban J connectivity index is 2.69. The zero-order valence-electron chi connectivity index (χ0n) is 16.2. The molecule has 0 aliphatic heterocycles. The van der Waals surface area contributed by atoms with Crippen LogP contribution in [-0.4, -0.2) is 49.9 Å². The summed E-state index contributed by atoms with van der Waals surface area (Å²) < 4.78 is 32.1. The van der Waals surface area contributed by atoms with Crippen LogP contribution in [0.25, 0.3) is 0 Å². The number of carbonyl (C=O) groups is 1. The molecule has 0 saturated heterocycles. The first-order valence-corrected chi connectivity index (χ1v) is 9.99. The molecule has 144 valence electrons. The summed E-state index contributed by atoms with van der Waals surface area (Å²) in [7, 11) is -3.79. The lowest BCUT2D eigenvalue weighted by atomic mass is 10.1. The first-order valence-electron chi connectivity index (χ1n) is 8.51. The average Bonchev–Trinajstić information content (AvgIpc) is 2.90. The van der Waals surface area contributed by atoms with E-state index in [1.807, 2.05) is 0 Å². The number of hydrogen-bond donors (Lipinski definition) is 2. The lowest BCUT2D eigenvalue weighted by Gasteiger charge is -2.30. The van der Waals surface area contributed by atoms with Crippen molar-refractivity contribution >= 4 is 15.9 Å². The van der Waals surface area contributed by atoms with Gasteiger partial charge in [0.1, 0.15) is 0 Å². The summed E-state index contributed by atoms with van der Waals surface area (Å²) >= 11 is 0. The van der Waals surface area contributed by atoms with Gasteiger partial charge in [-0.25, -0.2) is 13.1 Å². The van der Waals surface area contributed by atoms with E-state index in [2.05, 4.69) is 42.6 Å². The normalized spacial score (nSPS) is 13.0. The Hall–Kier alpha value is -1.38. The van der Waals surface area contributed by atoms with Gasteiger partial charge in [0.05, 0.1) is 0 Å². The number of nitrogens with one attached hydrogen (secondary N) is 2. The Kier molecular flexibility index (Phi) is 7.22. The number of sulfonamides is 1. The van der Waals surface area contributed by atoms with Gasteiger partial charge in [-0.05, 0) is 60.6 Å². The summed E-state index contributed by atoms with van der Waals surface area (Å²) in [5, 5.41) is 2.50. The molecular weight excluding hydrogens is 342 g/mol. The van der Waals surface area contributed by atoms with E-state index in [1.165, 1.54) is 12.1 Å². The molecule has 2 N–H and O–H groups in total. The fourth-order valence-electron chi connectivity index (χ4n) is 2.54. The van der Waals surface area contributed by atoms with Gasteiger partial charge < -0.3 is 9.73 Å². The maximum Gasteiger partial charge on any atom is 0.287 e. The van der Waals surface area contributed by atoms with Gasteiger partial charge in [0.25, 0.3) is 15.9 Å². The third-order valence-corrected chi connectivity index (χ3v) is 5.12. The highest BCUT2D eigenvalue weighted by molar-refractivity contribution is 7.89. The van der Waals surface area contributed by atoms with Crippen molar-refractivity contribution in [2.45, 2.75) is 71.2 Å². The second kappa shape index (κ2) is 8.33. The number of nitrogens with zero attached hydrogens (tertiary/aromatic N) is 1. The summed E-state index contributed by atoms with van der Waals surface area (Å²) in [6, 6.07) is 3.41. The van der Waals surface area contributed by atoms with Crippen molar-refractivity contribution in [3.8, 4) is 0 Å². The van der Waals surface area contributed by atoms with E-state index in [0.717, 1.165) is 0 Å². The second-order valence-electron chi connectivity index (χ2n) is 7.66. The minimum absolute atomic E-state index is 0.0186. The molecule has 0 fully saturated rings. The van der Waals surface area contributed by atoms with Crippen LogP contribution in [0.5, 0.6) is 0 Å². The van der Waals surface area contributed by atoms with Gasteiger partial charge >= 0.3 is 0 Å². The fraction of sp³-hybridized carbons (Fsp3) is 0.706. The summed E-state index contributed by atoms with van der Waals surface area (Å²) in [5.41, 5.74) is -0.634. The van der Waals surface area contributed by atoms with Gasteiger partial charge in [0.15, 0.2) is 5.76 Å². The monoisotopic (exact) mass is 373 g/mol. The lowest BCUT2D eigenvalue weighted by Crippen LogP contribution is -2.42. The first kappa shape index (κ1) is 21.7. The quantitative estimate of drug-likeness (QED) is 0.729. The van der Waals surface area contributed by atoms with E-state index in [4.69, 9.17) is 4.42 Å². The van der Waals surface area contributed by atoms with Crippen LogP contribution < -0.4 is 10.0 Å². The Morgan fingerprint density at radius 3 is 2.20 bits per heavy atom. The molecule has 1 aromatic rings. The molecule has 0 aromatic carbocycles. The van der Waals surface area contributed by atoms with Crippen molar-refractivity contribution in [1.82, 2.24) is 14.9 Å². The van der Waals surface area contributed by atoms with Gasteiger partial charge in [0, 0.05) is 30.7 Å². The Labute approximate surface area is 151 Å². The molecule has 1 amide bonds. The molecule has 1 rings (SSSR count). The molecule has 0 unspecified atom stereocenters. The minimum atomic E-state index is -3.79. The third kappa shape index (κ3) is 6.80. The van der Waals surface area contributed by atoms with E-state index in [9.17, 15) is 13.2 Å². The minimum Gasteiger partial charge on any atom is -0.438 e. The average molecular weight is 374 g/mol. The maximum atomic E-state index is 12.2. The molecule has 25 heavy (non-hydrogen) atoms. The highest BCUT2D eigenvalue weighted by Crippen LogP contribution is 2.16. The van der Waals surface area contributed by atoms with Crippen LogP contribution in [0.1, 0.15) is 59.0 Å². The Morgan fingerprint density at radius 1 is 1.16 bits per heavy atom. The standard InChI is InChI=1S/C17H31N3O4S/c1-12(2)20(13(3)4)11-10-18-16(21)14-8-9-15(24-14)25(22,23)19-17(5,6)7/h8-9,12-13,19H,10-11H2,1-7H3,(H,18,21). The lowest BCUT2D eigenvalue weighted by molar-refractivity contribution is 0.0906. The SMILES string of the molecule is CC(C)N(CCNC(=O)c1ccc(S(=O)(=O)NC(C)(C)C)o1)C(C)C. The van der Waals surface area contributed by atoms with E-state index in [-0.39, 0.29) is 10.9 Å². The molecule has 0 aliphatic carbocycles. The van der Waals surface area contributed by atoms with E-state index in [0.29, 0.717) is 25.2 Å². The number of amides is 1. The predicted octanol–water partition coefficient (Wildman–Crippen LogP) is 2.21. The smallest absolute Gasteiger partial charge is 0.287 e. The van der Waals surface area contributed by atoms with E-state index >= 15 is 0 Å². The zero-order chi connectivity index (χ0) is 19.4. The fourth-order valence-corrected chi connectivity index (χ4v) is 3.89. The van der Waals surface area contributed by atoms with Crippen LogP contribution in [0.3, 0.4) is 0 Å². The van der Waals surface area contributed by atoms with Crippen LogP contribution in [-0.2, 0) is 10.0 Å². The number of carbonyl (C=O) groups excluding carboxylic acids is 1. The number of rotatable bonds is 8. The van der Waals surface area contributed by atoms with Crippen molar-refractivity contribution < 1.29 is 17.6 Å².